The number of sulfonamides is 1. The third-order valence-corrected chi connectivity index (χ3v) is 5.68. The third kappa shape index (κ3) is 2.43. The van der Waals surface area contributed by atoms with Crippen molar-refractivity contribution in [2.24, 2.45) is 0 Å². The van der Waals surface area contributed by atoms with Gasteiger partial charge in [-0.2, -0.15) is 4.31 Å². The normalized spacial score (nSPS) is 16.8. The lowest BCUT2D eigenvalue weighted by Crippen LogP contribution is -2.28. The molecule has 0 aromatic heterocycles. The van der Waals surface area contributed by atoms with Gasteiger partial charge in [0.2, 0.25) is 10.0 Å². The van der Waals surface area contributed by atoms with Crippen LogP contribution in [0.25, 0.3) is 0 Å². The summed E-state index contributed by atoms with van der Waals surface area (Å²) in [5.41, 5.74) is 0. The van der Waals surface area contributed by atoms with E-state index in [0.717, 1.165) is 5.75 Å². The molecule has 0 spiro atoms. The molecule has 18 heavy (non-hydrogen) atoms. The van der Waals surface area contributed by atoms with Gasteiger partial charge in [-0.1, -0.05) is 0 Å². The summed E-state index contributed by atoms with van der Waals surface area (Å²) in [6, 6.07) is 4.64. The summed E-state index contributed by atoms with van der Waals surface area (Å²) < 4.78 is 36.3. The molecule has 0 bridgehead atoms. The first-order valence-electron chi connectivity index (χ1n) is 5.39. The first-order chi connectivity index (χ1) is 8.59. The largest absolute Gasteiger partial charge is 0.493 e. The van der Waals surface area contributed by atoms with Gasteiger partial charge in [-0.15, -0.1) is 11.8 Å². The number of thioether (sulfide) groups is 1. The van der Waals surface area contributed by atoms with Crippen molar-refractivity contribution in [1.82, 2.24) is 4.31 Å². The first-order valence-corrected chi connectivity index (χ1v) is 7.99. The van der Waals surface area contributed by atoms with Crippen molar-refractivity contribution in [2.45, 2.75) is 4.90 Å². The van der Waals surface area contributed by atoms with Crippen LogP contribution in [-0.4, -0.2) is 45.1 Å². The number of ether oxygens (including phenoxy) is 2. The van der Waals surface area contributed by atoms with E-state index in [-0.39, 0.29) is 4.90 Å². The van der Waals surface area contributed by atoms with Crippen LogP contribution in [0.3, 0.4) is 0 Å². The maximum Gasteiger partial charge on any atom is 0.243 e. The van der Waals surface area contributed by atoms with Gasteiger partial charge in [0.1, 0.15) is 0 Å². The van der Waals surface area contributed by atoms with E-state index in [2.05, 4.69) is 0 Å². The average Bonchev–Trinajstić information content (AvgIpc) is 2.92. The van der Waals surface area contributed by atoms with Crippen molar-refractivity contribution in [3.05, 3.63) is 18.2 Å². The monoisotopic (exact) mass is 289 g/mol. The van der Waals surface area contributed by atoms with Gasteiger partial charge >= 0.3 is 0 Å². The van der Waals surface area contributed by atoms with Crippen LogP contribution in [0.15, 0.2) is 23.1 Å². The van der Waals surface area contributed by atoms with Gasteiger partial charge < -0.3 is 9.47 Å². The van der Waals surface area contributed by atoms with Gasteiger partial charge in [0, 0.05) is 18.4 Å². The Hall–Kier alpha value is -0.920. The summed E-state index contributed by atoms with van der Waals surface area (Å²) in [4.78, 5) is 0.239. The van der Waals surface area contributed by atoms with Crippen molar-refractivity contribution >= 4 is 21.8 Å². The van der Waals surface area contributed by atoms with Gasteiger partial charge in [-0.25, -0.2) is 8.42 Å². The van der Waals surface area contributed by atoms with Gasteiger partial charge in [0.15, 0.2) is 11.5 Å². The summed E-state index contributed by atoms with van der Waals surface area (Å²) in [6.45, 7) is 0.557. The number of nitrogens with zero attached hydrogens (tertiary/aromatic N) is 1. The molecule has 0 unspecified atom stereocenters. The highest BCUT2D eigenvalue weighted by molar-refractivity contribution is 8.00. The van der Waals surface area contributed by atoms with E-state index in [1.165, 1.54) is 24.6 Å². The highest BCUT2D eigenvalue weighted by atomic mass is 32.2. The maximum absolute atomic E-state index is 12.3. The Morgan fingerprint density at radius 3 is 2.50 bits per heavy atom. The quantitative estimate of drug-likeness (QED) is 0.838. The Bertz CT molecular complexity index is 524. The molecule has 2 rings (SSSR count). The molecule has 1 heterocycles. The Morgan fingerprint density at radius 2 is 1.94 bits per heavy atom. The number of methoxy groups -OCH3 is 2. The van der Waals surface area contributed by atoms with Crippen LogP contribution in [0.5, 0.6) is 11.5 Å². The summed E-state index contributed by atoms with van der Waals surface area (Å²) in [7, 11) is -0.416. The summed E-state index contributed by atoms with van der Waals surface area (Å²) in [5, 5.41) is 0. The molecule has 0 N–H and O–H groups in total. The SMILES string of the molecule is COc1ccc(S(=O)(=O)N2CCSC2)cc1OC. The molecule has 5 nitrogen and oxygen atoms in total. The van der Waals surface area contributed by atoms with Crippen LogP contribution >= 0.6 is 11.8 Å². The van der Waals surface area contributed by atoms with E-state index in [1.54, 1.807) is 23.9 Å². The van der Waals surface area contributed by atoms with E-state index in [1.807, 2.05) is 0 Å². The fourth-order valence-electron chi connectivity index (χ4n) is 1.71. The molecule has 0 amide bonds. The molecule has 0 radical (unpaired) electrons. The number of rotatable bonds is 4. The zero-order valence-electron chi connectivity index (χ0n) is 10.3. The molecule has 1 aliphatic heterocycles. The highest BCUT2D eigenvalue weighted by Crippen LogP contribution is 2.31. The van der Waals surface area contributed by atoms with Crippen LogP contribution in [0.2, 0.25) is 0 Å². The standard InChI is InChI=1S/C11H15NO4S2/c1-15-10-4-3-9(7-11(10)16-2)18(13,14)12-5-6-17-8-12/h3-4,7H,5-6,8H2,1-2H3. The Morgan fingerprint density at radius 1 is 1.22 bits per heavy atom. The lowest BCUT2D eigenvalue weighted by Gasteiger charge is -2.16. The van der Waals surface area contributed by atoms with Crippen LogP contribution in [0, 0.1) is 0 Å². The second kappa shape index (κ2) is 5.38. The summed E-state index contributed by atoms with van der Waals surface area (Å²) >= 11 is 1.61. The van der Waals surface area contributed by atoms with Crippen molar-refractivity contribution in [3.63, 3.8) is 0 Å². The van der Waals surface area contributed by atoms with E-state index in [0.29, 0.717) is 23.9 Å². The Kier molecular flexibility index (Phi) is 4.04. The molecule has 1 aromatic carbocycles. The second-order valence-corrected chi connectivity index (χ2v) is 6.75. The number of hydrogen-bond donors (Lipinski definition) is 0. The zero-order chi connectivity index (χ0) is 13.2. The lowest BCUT2D eigenvalue weighted by atomic mass is 10.3. The van der Waals surface area contributed by atoms with Crippen molar-refractivity contribution < 1.29 is 17.9 Å². The minimum absolute atomic E-state index is 0.239. The number of hydrogen-bond acceptors (Lipinski definition) is 5. The lowest BCUT2D eigenvalue weighted by molar-refractivity contribution is 0.353. The molecular formula is C11H15NO4S2. The molecule has 1 saturated heterocycles. The topological polar surface area (TPSA) is 55.8 Å². The van der Waals surface area contributed by atoms with Crippen LogP contribution < -0.4 is 9.47 Å². The zero-order valence-corrected chi connectivity index (χ0v) is 11.9. The number of benzene rings is 1. The molecule has 0 aliphatic carbocycles. The minimum atomic E-state index is -3.42. The van der Waals surface area contributed by atoms with E-state index < -0.39 is 10.0 Å². The van der Waals surface area contributed by atoms with Gasteiger partial charge in [-0.3, -0.25) is 0 Å². The molecule has 0 saturated carbocycles. The highest BCUT2D eigenvalue weighted by Gasteiger charge is 2.28. The van der Waals surface area contributed by atoms with Crippen LogP contribution in [0.1, 0.15) is 0 Å². The van der Waals surface area contributed by atoms with Crippen LogP contribution in [0.4, 0.5) is 0 Å². The van der Waals surface area contributed by atoms with Crippen molar-refractivity contribution in [1.29, 1.82) is 0 Å². The predicted molar refractivity (Wildman–Crippen MR) is 70.8 cm³/mol. The first kappa shape index (κ1) is 13.5. The van der Waals surface area contributed by atoms with Gasteiger partial charge in [0.25, 0.3) is 0 Å². The fraction of sp³-hybridized carbons (Fsp3) is 0.455. The molecule has 1 fully saturated rings. The predicted octanol–water partition coefficient (Wildman–Crippen LogP) is 1.40. The minimum Gasteiger partial charge on any atom is -0.493 e. The summed E-state index contributed by atoms with van der Waals surface area (Å²) in [6.07, 6.45) is 0. The van der Waals surface area contributed by atoms with Crippen molar-refractivity contribution in [3.8, 4) is 11.5 Å². The van der Waals surface area contributed by atoms with Crippen LogP contribution in [-0.2, 0) is 10.0 Å². The van der Waals surface area contributed by atoms with E-state index in [9.17, 15) is 8.42 Å². The average molecular weight is 289 g/mol. The van der Waals surface area contributed by atoms with Gasteiger partial charge in [-0.05, 0) is 12.1 Å². The molecule has 100 valence electrons. The third-order valence-electron chi connectivity index (χ3n) is 2.71. The second-order valence-electron chi connectivity index (χ2n) is 3.73. The molecule has 1 aromatic rings. The molecule has 0 atom stereocenters. The summed E-state index contributed by atoms with van der Waals surface area (Å²) in [5.74, 6) is 2.29. The maximum atomic E-state index is 12.3. The van der Waals surface area contributed by atoms with E-state index in [4.69, 9.17) is 9.47 Å². The fourth-order valence-corrected chi connectivity index (χ4v) is 4.54. The van der Waals surface area contributed by atoms with Gasteiger partial charge in [0.05, 0.1) is 25.0 Å². The van der Waals surface area contributed by atoms with E-state index >= 15 is 0 Å². The Balaban J connectivity index is 2.38. The molecule has 1 aliphatic rings. The molecular weight excluding hydrogens is 274 g/mol. The van der Waals surface area contributed by atoms with Crippen molar-refractivity contribution in [2.75, 3.05) is 32.4 Å². The Labute approximate surface area is 111 Å². The molecule has 7 heteroatoms. The smallest absolute Gasteiger partial charge is 0.243 e.